The fourth-order valence-electron chi connectivity index (χ4n) is 3.64. The van der Waals surface area contributed by atoms with Crippen LogP contribution in [0.25, 0.3) is 5.82 Å². The summed E-state index contributed by atoms with van der Waals surface area (Å²) >= 11 is 0. The highest BCUT2D eigenvalue weighted by atomic mass is 16.1. The molecule has 3 aromatic rings. The molecule has 1 aromatic carbocycles. The molecule has 1 aliphatic carbocycles. The van der Waals surface area contributed by atoms with Gasteiger partial charge in [-0.25, -0.2) is 15.0 Å². The van der Waals surface area contributed by atoms with Crippen molar-refractivity contribution < 1.29 is 4.79 Å². The summed E-state index contributed by atoms with van der Waals surface area (Å²) < 4.78 is 1.90. The zero-order valence-corrected chi connectivity index (χ0v) is 15.9. The molecule has 1 saturated carbocycles. The number of aromatic nitrogens is 4. The number of carbonyl (C=O) groups is 1. The third-order valence-corrected chi connectivity index (χ3v) is 5.12. The van der Waals surface area contributed by atoms with Crippen molar-refractivity contribution in [3.8, 4) is 5.82 Å². The molecule has 0 unspecified atom stereocenters. The van der Waals surface area contributed by atoms with Crippen LogP contribution >= 0.6 is 0 Å². The van der Waals surface area contributed by atoms with Crippen LogP contribution in [0, 0.1) is 12.8 Å². The molecule has 0 saturated heterocycles. The Labute approximate surface area is 164 Å². The van der Waals surface area contributed by atoms with Crippen LogP contribution in [0.3, 0.4) is 0 Å². The summed E-state index contributed by atoms with van der Waals surface area (Å²) in [5, 5.41) is 6.26. The van der Waals surface area contributed by atoms with E-state index in [1.165, 1.54) is 32.0 Å². The van der Waals surface area contributed by atoms with Gasteiger partial charge < -0.3 is 10.6 Å². The van der Waals surface area contributed by atoms with E-state index in [-0.39, 0.29) is 5.91 Å². The summed E-state index contributed by atoms with van der Waals surface area (Å²) in [6.07, 6.45) is 10.6. The Morgan fingerprint density at radius 1 is 1.11 bits per heavy atom. The minimum absolute atomic E-state index is 0.101. The first kappa shape index (κ1) is 18.2. The zero-order chi connectivity index (χ0) is 19.3. The van der Waals surface area contributed by atoms with Crippen molar-refractivity contribution in [2.75, 3.05) is 10.6 Å². The maximum atomic E-state index is 12.2. The molecule has 1 aliphatic rings. The number of imidazole rings is 1. The molecule has 2 heterocycles. The summed E-state index contributed by atoms with van der Waals surface area (Å²) in [6.45, 7) is 1.93. The number of aryl methyl sites for hydroxylation is 1. The standard InChI is InChI=1S/C21H24N6O/c1-15-22-10-11-27(15)20-13-19(23-14-24-20)25-17-6-8-18(9-7-17)26-21(28)12-16-4-2-3-5-16/h6-11,13-14,16H,2-5,12H2,1H3,(H,26,28)(H,23,24,25). The molecule has 2 N–H and O–H groups in total. The van der Waals surface area contributed by atoms with E-state index in [9.17, 15) is 4.79 Å². The summed E-state index contributed by atoms with van der Waals surface area (Å²) in [5.41, 5.74) is 1.70. The van der Waals surface area contributed by atoms with Gasteiger partial charge in [0.1, 0.15) is 23.8 Å². The number of nitrogens with zero attached hydrogens (tertiary/aromatic N) is 4. The number of amides is 1. The van der Waals surface area contributed by atoms with E-state index in [1.54, 1.807) is 6.20 Å². The monoisotopic (exact) mass is 376 g/mol. The van der Waals surface area contributed by atoms with Crippen molar-refractivity contribution in [2.24, 2.45) is 5.92 Å². The maximum absolute atomic E-state index is 12.2. The molecule has 7 nitrogen and oxygen atoms in total. The molecule has 4 rings (SSSR count). The summed E-state index contributed by atoms with van der Waals surface area (Å²) in [6, 6.07) is 9.52. The summed E-state index contributed by atoms with van der Waals surface area (Å²) in [5.74, 6) is 2.96. The van der Waals surface area contributed by atoms with E-state index in [1.807, 2.05) is 48.0 Å². The number of hydrogen-bond acceptors (Lipinski definition) is 5. The van der Waals surface area contributed by atoms with Gasteiger partial charge in [0.2, 0.25) is 5.91 Å². The van der Waals surface area contributed by atoms with E-state index in [2.05, 4.69) is 25.6 Å². The fourth-order valence-corrected chi connectivity index (χ4v) is 3.64. The molecule has 1 fully saturated rings. The van der Waals surface area contributed by atoms with Crippen LogP contribution in [-0.2, 0) is 4.79 Å². The molecule has 2 aromatic heterocycles. The smallest absolute Gasteiger partial charge is 0.224 e. The highest BCUT2D eigenvalue weighted by Gasteiger charge is 2.18. The van der Waals surface area contributed by atoms with E-state index < -0.39 is 0 Å². The molecule has 0 radical (unpaired) electrons. The Hall–Kier alpha value is -3.22. The van der Waals surface area contributed by atoms with Crippen LogP contribution in [-0.4, -0.2) is 25.4 Å². The van der Waals surface area contributed by atoms with E-state index >= 15 is 0 Å². The van der Waals surface area contributed by atoms with E-state index in [0.717, 1.165) is 23.0 Å². The predicted molar refractivity (Wildman–Crippen MR) is 109 cm³/mol. The minimum Gasteiger partial charge on any atom is -0.340 e. The van der Waals surface area contributed by atoms with Gasteiger partial charge in [-0.15, -0.1) is 0 Å². The van der Waals surface area contributed by atoms with Crippen molar-refractivity contribution in [1.29, 1.82) is 0 Å². The highest BCUT2D eigenvalue weighted by molar-refractivity contribution is 5.91. The normalized spacial score (nSPS) is 14.2. The lowest BCUT2D eigenvalue weighted by atomic mass is 10.0. The number of carbonyl (C=O) groups excluding carboxylic acids is 1. The minimum atomic E-state index is 0.101. The molecule has 144 valence electrons. The van der Waals surface area contributed by atoms with Gasteiger partial charge >= 0.3 is 0 Å². The fraction of sp³-hybridized carbons (Fsp3) is 0.333. The van der Waals surface area contributed by atoms with Crippen LogP contribution in [0.2, 0.25) is 0 Å². The number of anilines is 3. The molecule has 0 atom stereocenters. The second kappa shape index (κ2) is 8.21. The Morgan fingerprint density at radius 3 is 2.57 bits per heavy atom. The van der Waals surface area contributed by atoms with Crippen LogP contribution in [0.1, 0.15) is 37.9 Å². The lowest BCUT2D eigenvalue weighted by Gasteiger charge is -2.11. The Balaban J connectivity index is 1.38. The van der Waals surface area contributed by atoms with Crippen molar-refractivity contribution in [3.05, 3.63) is 54.9 Å². The lowest BCUT2D eigenvalue weighted by Crippen LogP contribution is -2.15. The van der Waals surface area contributed by atoms with Crippen molar-refractivity contribution >= 4 is 23.1 Å². The first-order valence-corrected chi connectivity index (χ1v) is 9.67. The van der Waals surface area contributed by atoms with Gasteiger partial charge in [-0.3, -0.25) is 9.36 Å². The molecule has 28 heavy (non-hydrogen) atoms. The zero-order valence-electron chi connectivity index (χ0n) is 15.9. The van der Waals surface area contributed by atoms with Gasteiger partial charge in [-0.05, 0) is 49.9 Å². The topological polar surface area (TPSA) is 84.7 Å². The Morgan fingerprint density at radius 2 is 1.86 bits per heavy atom. The average Bonchev–Trinajstić information content (AvgIpc) is 3.35. The van der Waals surface area contributed by atoms with Crippen LogP contribution < -0.4 is 10.6 Å². The summed E-state index contributed by atoms with van der Waals surface area (Å²) in [4.78, 5) is 25.0. The molecular weight excluding hydrogens is 352 g/mol. The Kier molecular flexibility index (Phi) is 5.32. The average molecular weight is 376 g/mol. The number of hydrogen-bond donors (Lipinski definition) is 2. The molecule has 0 bridgehead atoms. The quantitative estimate of drug-likeness (QED) is 0.672. The molecule has 1 amide bonds. The largest absolute Gasteiger partial charge is 0.340 e. The second-order valence-corrected chi connectivity index (χ2v) is 7.21. The third kappa shape index (κ3) is 4.36. The van der Waals surface area contributed by atoms with Gasteiger partial charge in [0.25, 0.3) is 0 Å². The molecule has 7 heteroatoms. The second-order valence-electron chi connectivity index (χ2n) is 7.21. The predicted octanol–water partition coefficient (Wildman–Crippen LogP) is 4.23. The van der Waals surface area contributed by atoms with Crippen LogP contribution in [0.5, 0.6) is 0 Å². The summed E-state index contributed by atoms with van der Waals surface area (Å²) in [7, 11) is 0. The van der Waals surface area contributed by atoms with Crippen molar-refractivity contribution in [1.82, 2.24) is 19.5 Å². The van der Waals surface area contributed by atoms with E-state index in [0.29, 0.717) is 18.2 Å². The lowest BCUT2D eigenvalue weighted by molar-refractivity contribution is -0.117. The van der Waals surface area contributed by atoms with Crippen molar-refractivity contribution in [3.63, 3.8) is 0 Å². The number of nitrogens with one attached hydrogen (secondary N) is 2. The number of benzene rings is 1. The number of rotatable bonds is 6. The van der Waals surface area contributed by atoms with Gasteiger partial charge in [0.15, 0.2) is 0 Å². The van der Waals surface area contributed by atoms with Crippen LogP contribution in [0.4, 0.5) is 17.2 Å². The van der Waals surface area contributed by atoms with E-state index in [4.69, 9.17) is 0 Å². The van der Waals surface area contributed by atoms with Crippen LogP contribution in [0.15, 0.2) is 49.1 Å². The first-order chi connectivity index (χ1) is 13.7. The van der Waals surface area contributed by atoms with Gasteiger partial charge in [-0.2, -0.15) is 0 Å². The maximum Gasteiger partial charge on any atom is 0.224 e. The highest BCUT2D eigenvalue weighted by Crippen LogP contribution is 2.28. The van der Waals surface area contributed by atoms with Gasteiger partial charge in [0.05, 0.1) is 0 Å². The van der Waals surface area contributed by atoms with Gasteiger partial charge in [-0.1, -0.05) is 12.8 Å². The molecular formula is C21H24N6O. The third-order valence-electron chi connectivity index (χ3n) is 5.12. The first-order valence-electron chi connectivity index (χ1n) is 9.67. The molecule has 0 spiro atoms. The Bertz CT molecular complexity index is 944. The molecule has 0 aliphatic heterocycles. The van der Waals surface area contributed by atoms with Crippen molar-refractivity contribution in [2.45, 2.75) is 39.0 Å². The van der Waals surface area contributed by atoms with Gasteiger partial charge in [0, 0.05) is 36.3 Å². The SMILES string of the molecule is Cc1nccn1-c1cc(Nc2ccc(NC(=O)CC3CCCC3)cc2)ncn1.